The molecule has 3 aromatic carbocycles. The number of ether oxygens (including phenoxy) is 1. The van der Waals surface area contributed by atoms with E-state index in [0.29, 0.717) is 6.61 Å². The maximum Gasteiger partial charge on any atom is 0.119 e. The molecular weight excluding hydrogens is 364 g/mol. The molecule has 3 aromatic rings. The highest BCUT2D eigenvalue weighted by Gasteiger charge is 1.95. The molecule has 0 saturated heterocycles. The lowest BCUT2D eigenvalue weighted by Crippen LogP contribution is -1.94. The highest BCUT2D eigenvalue weighted by Crippen LogP contribution is 2.14. The van der Waals surface area contributed by atoms with Crippen LogP contribution in [0.2, 0.25) is 0 Å². The molecule has 0 aliphatic carbocycles. The van der Waals surface area contributed by atoms with Crippen LogP contribution in [-0.2, 0) is 6.61 Å². The van der Waals surface area contributed by atoms with Crippen LogP contribution < -0.4 is 4.74 Å². The van der Waals surface area contributed by atoms with Crippen molar-refractivity contribution in [2.45, 2.75) is 48.1 Å². The summed E-state index contributed by atoms with van der Waals surface area (Å²) in [5.41, 5.74) is 6.51. The predicted octanol–water partition coefficient (Wildman–Crippen LogP) is 7.94. The van der Waals surface area contributed by atoms with Crippen molar-refractivity contribution in [3.63, 3.8) is 0 Å². The lowest BCUT2D eigenvalue weighted by molar-refractivity contribution is 0.306. The zero-order valence-corrected chi connectivity index (χ0v) is 19.2. The molecule has 0 aliphatic heterocycles. The predicted molar refractivity (Wildman–Crippen MR) is 132 cm³/mol. The smallest absolute Gasteiger partial charge is 0.119 e. The second kappa shape index (κ2) is 14.7. The van der Waals surface area contributed by atoms with E-state index in [-0.39, 0.29) is 0 Å². The highest BCUT2D eigenvalue weighted by molar-refractivity contribution is 5.54. The molecule has 3 rings (SSSR count). The van der Waals surface area contributed by atoms with E-state index in [1.54, 1.807) is 0 Å². The molecule has 0 aromatic heterocycles. The van der Waals surface area contributed by atoms with Gasteiger partial charge in [-0.3, -0.25) is 0 Å². The van der Waals surface area contributed by atoms with Gasteiger partial charge in [-0.25, -0.2) is 0 Å². The third-order valence-electron chi connectivity index (χ3n) is 4.51. The second-order valence-electron chi connectivity index (χ2n) is 6.88. The van der Waals surface area contributed by atoms with Crippen LogP contribution in [0.5, 0.6) is 5.75 Å². The van der Waals surface area contributed by atoms with Crippen LogP contribution in [0.1, 0.15) is 48.6 Å². The van der Waals surface area contributed by atoms with Crippen LogP contribution >= 0.6 is 0 Å². The zero-order valence-electron chi connectivity index (χ0n) is 19.2. The molecule has 0 unspecified atom stereocenters. The number of rotatable bonds is 4. The fraction of sp³-hybridized carbons (Fsp3) is 0.241. The minimum absolute atomic E-state index is 0.629. The van der Waals surface area contributed by atoms with E-state index in [0.717, 1.165) is 5.75 Å². The molecule has 0 saturated carbocycles. The second-order valence-corrected chi connectivity index (χ2v) is 6.88. The molecule has 0 atom stereocenters. The Bertz CT molecular complexity index is 933. The maximum absolute atomic E-state index is 5.65. The Morgan fingerprint density at radius 3 is 1.97 bits per heavy atom. The summed E-state index contributed by atoms with van der Waals surface area (Å²) >= 11 is 0. The lowest BCUT2D eigenvalue weighted by atomic mass is 10.0. The van der Waals surface area contributed by atoms with Crippen molar-refractivity contribution in [1.29, 1.82) is 0 Å². The summed E-state index contributed by atoms with van der Waals surface area (Å²) < 4.78 is 5.65. The van der Waals surface area contributed by atoms with E-state index >= 15 is 0 Å². The van der Waals surface area contributed by atoms with Crippen LogP contribution in [0.4, 0.5) is 0 Å². The van der Waals surface area contributed by atoms with Crippen LogP contribution in [0.15, 0.2) is 78.9 Å². The Morgan fingerprint density at radius 2 is 1.40 bits per heavy atom. The lowest BCUT2D eigenvalue weighted by Gasteiger charge is -2.06. The quantitative estimate of drug-likeness (QED) is 0.405. The van der Waals surface area contributed by atoms with Crippen molar-refractivity contribution in [3.8, 4) is 17.6 Å². The molecule has 0 radical (unpaired) electrons. The number of benzene rings is 3. The summed E-state index contributed by atoms with van der Waals surface area (Å²) in [4.78, 5) is 0. The van der Waals surface area contributed by atoms with Gasteiger partial charge < -0.3 is 4.74 Å². The fourth-order valence-corrected chi connectivity index (χ4v) is 2.51. The van der Waals surface area contributed by atoms with Crippen molar-refractivity contribution in [3.05, 3.63) is 107 Å². The average Bonchev–Trinajstić information content (AvgIpc) is 2.78. The highest BCUT2D eigenvalue weighted by atomic mass is 16.5. The normalized spacial score (nSPS) is 9.40. The molecule has 0 fully saturated rings. The Morgan fingerprint density at radius 1 is 0.767 bits per heavy atom. The molecule has 0 amide bonds. The third-order valence-corrected chi connectivity index (χ3v) is 4.51. The minimum Gasteiger partial charge on any atom is -0.489 e. The van der Waals surface area contributed by atoms with E-state index in [1.165, 1.54) is 27.8 Å². The van der Waals surface area contributed by atoms with E-state index in [4.69, 9.17) is 4.74 Å². The van der Waals surface area contributed by atoms with Crippen LogP contribution in [-0.4, -0.2) is 0 Å². The van der Waals surface area contributed by atoms with Gasteiger partial charge in [-0.05, 0) is 75.9 Å². The van der Waals surface area contributed by atoms with E-state index in [1.807, 2.05) is 51.1 Å². The molecule has 30 heavy (non-hydrogen) atoms. The number of allylic oxidation sites excluding steroid dienone is 1. The number of aryl methyl sites for hydroxylation is 2. The van der Waals surface area contributed by atoms with Gasteiger partial charge >= 0.3 is 0 Å². The summed E-state index contributed by atoms with van der Waals surface area (Å²) in [5, 5.41) is 0. The van der Waals surface area contributed by atoms with Crippen molar-refractivity contribution >= 4 is 6.08 Å². The Kier molecular flexibility index (Phi) is 12.2. The van der Waals surface area contributed by atoms with Gasteiger partial charge in [0.15, 0.2) is 0 Å². The summed E-state index contributed by atoms with van der Waals surface area (Å²) in [6.07, 6.45) is 4.21. The van der Waals surface area contributed by atoms with Crippen LogP contribution in [0, 0.1) is 32.6 Å². The van der Waals surface area contributed by atoms with E-state index in [9.17, 15) is 0 Å². The molecule has 0 spiro atoms. The summed E-state index contributed by atoms with van der Waals surface area (Å²) in [5.74, 6) is 6.28. The summed E-state index contributed by atoms with van der Waals surface area (Å²) in [6.45, 7) is 12.7. The molecule has 0 aliphatic rings. The first kappa shape index (κ1) is 24.8. The van der Waals surface area contributed by atoms with Gasteiger partial charge in [0.05, 0.1) is 0 Å². The molecule has 0 N–H and O–H groups in total. The Balaban J connectivity index is 0.000000264. The standard InChI is InChI=1S/C14H14O.C11H14.C4H6/c1-12-7-9-14(10-8-12)15-11-13-5-3-2-4-6-13;1-4-6-11-8-5-7-9(2)10(11)3;1-3-4-2/h2-10H,11H2,1H3;4-8H,1-3H3;1-2H3/b;6-4-;. The van der Waals surface area contributed by atoms with Crippen LogP contribution in [0.25, 0.3) is 6.08 Å². The van der Waals surface area contributed by atoms with Gasteiger partial charge in [0.1, 0.15) is 12.4 Å². The van der Waals surface area contributed by atoms with E-state index < -0.39 is 0 Å². The molecule has 0 bridgehead atoms. The summed E-state index contributed by atoms with van der Waals surface area (Å²) in [6, 6.07) is 24.7. The van der Waals surface area contributed by atoms with Crippen molar-refractivity contribution in [2.75, 3.05) is 0 Å². The first-order valence-electron chi connectivity index (χ1n) is 10.3. The Hall–Kier alpha value is -3.24. The van der Waals surface area contributed by atoms with Gasteiger partial charge in [0.25, 0.3) is 0 Å². The SMILES string of the molecule is C/C=C\c1cccc(C)c1C.CC#CC.Cc1ccc(OCc2ccccc2)cc1. The van der Waals surface area contributed by atoms with Crippen LogP contribution in [0.3, 0.4) is 0 Å². The molecule has 156 valence electrons. The third kappa shape index (κ3) is 9.80. The molecule has 0 heterocycles. The molecule has 1 nitrogen and oxygen atoms in total. The molecular formula is C29H34O. The number of hydrogen-bond acceptors (Lipinski definition) is 1. The largest absolute Gasteiger partial charge is 0.489 e. The van der Waals surface area contributed by atoms with Crippen molar-refractivity contribution in [2.24, 2.45) is 0 Å². The first-order valence-corrected chi connectivity index (χ1v) is 10.3. The summed E-state index contributed by atoms with van der Waals surface area (Å²) in [7, 11) is 0. The Labute approximate surface area is 183 Å². The van der Waals surface area contributed by atoms with Crippen molar-refractivity contribution < 1.29 is 4.74 Å². The van der Waals surface area contributed by atoms with E-state index in [2.05, 4.69) is 87.2 Å². The van der Waals surface area contributed by atoms with Gasteiger partial charge in [0.2, 0.25) is 0 Å². The van der Waals surface area contributed by atoms with Gasteiger partial charge in [-0.1, -0.05) is 78.4 Å². The zero-order chi connectivity index (χ0) is 22.2. The van der Waals surface area contributed by atoms with Gasteiger partial charge in [-0.15, -0.1) is 11.8 Å². The monoisotopic (exact) mass is 398 g/mol. The molecule has 1 heteroatoms. The average molecular weight is 399 g/mol. The first-order chi connectivity index (χ1) is 14.5. The maximum atomic E-state index is 5.65. The fourth-order valence-electron chi connectivity index (χ4n) is 2.51. The van der Waals surface area contributed by atoms with Gasteiger partial charge in [0, 0.05) is 0 Å². The van der Waals surface area contributed by atoms with Gasteiger partial charge in [-0.2, -0.15) is 0 Å². The minimum atomic E-state index is 0.629. The topological polar surface area (TPSA) is 9.23 Å². The van der Waals surface area contributed by atoms with Crippen molar-refractivity contribution in [1.82, 2.24) is 0 Å². The number of hydrogen-bond donors (Lipinski definition) is 0.